The van der Waals surface area contributed by atoms with Gasteiger partial charge >= 0.3 is 0 Å². The Balaban J connectivity index is 1.37. The molecule has 2 aromatic rings. The molecule has 2 aromatic carbocycles. The lowest BCUT2D eigenvalue weighted by Gasteiger charge is -2.37. The number of rotatable bonds is 8. The van der Waals surface area contributed by atoms with Gasteiger partial charge in [0.05, 0.1) is 12.6 Å². The predicted molar refractivity (Wildman–Crippen MR) is 120 cm³/mol. The van der Waals surface area contributed by atoms with Crippen LogP contribution in [0.2, 0.25) is 0 Å². The first-order chi connectivity index (χ1) is 14.9. The molecule has 1 atom stereocenters. The van der Waals surface area contributed by atoms with E-state index in [0.717, 1.165) is 19.5 Å². The number of nitrogens with zero attached hydrogens (tertiary/aromatic N) is 2. The minimum Gasteiger partial charge on any atom is -0.355 e. The highest BCUT2D eigenvalue weighted by atomic mass is 19.1. The van der Waals surface area contributed by atoms with Crippen molar-refractivity contribution in [3.05, 3.63) is 65.5 Å². The maximum Gasteiger partial charge on any atom is 0.241 e. The van der Waals surface area contributed by atoms with Crippen molar-refractivity contribution in [2.24, 2.45) is 0 Å². The van der Waals surface area contributed by atoms with Crippen molar-refractivity contribution in [1.82, 2.24) is 15.1 Å². The van der Waals surface area contributed by atoms with Crippen LogP contribution in [0.1, 0.15) is 18.1 Å². The van der Waals surface area contributed by atoms with Crippen LogP contribution in [0.5, 0.6) is 0 Å². The lowest BCUT2D eigenvalue weighted by molar-refractivity contribution is -0.124. The zero-order chi connectivity index (χ0) is 22.2. The highest BCUT2D eigenvalue weighted by Crippen LogP contribution is 2.12. The lowest BCUT2D eigenvalue weighted by Crippen LogP contribution is -2.54. The Bertz CT molecular complexity index is 897. The Hall–Kier alpha value is -2.77. The van der Waals surface area contributed by atoms with Gasteiger partial charge in [0.1, 0.15) is 5.82 Å². The SMILES string of the molecule is Cc1ccccc1CCNC(=O)CN1CCN(C(C)C(=O)Nc2cccc(F)c2)CC1. The number of anilines is 1. The van der Waals surface area contributed by atoms with E-state index in [9.17, 15) is 14.0 Å². The Labute approximate surface area is 183 Å². The zero-order valence-electron chi connectivity index (χ0n) is 18.2. The van der Waals surface area contributed by atoms with Crippen molar-refractivity contribution in [2.75, 3.05) is 44.6 Å². The summed E-state index contributed by atoms with van der Waals surface area (Å²) in [6.45, 7) is 7.78. The fraction of sp³-hybridized carbons (Fsp3) is 0.417. The summed E-state index contributed by atoms with van der Waals surface area (Å²) in [4.78, 5) is 29.0. The van der Waals surface area contributed by atoms with Gasteiger partial charge in [-0.1, -0.05) is 30.3 Å². The minimum atomic E-state index is -0.378. The summed E-state index contributed by atoms with van der Waals surface area (Å²) >= 11 is 0. The van der Waals surface area contributed by atoms with Crippen molar-refractivity contribution in [3.63, 3.8) is 0 Å². The minimum absolute atomic E-state index is 0.0268. The quantitative estimate of drug-likeness (QED) is 0.681. The van der Waals surface area contributed by atoms with Gasteiger partial charge < -0.3 is 10.6 Å². The summed E-state index contributed by atoms with van der Waals surface area (Å²) in [6.07, 6.45) is 0.824. The van der Waals surface area contributed by atoms with Crippen LogP contribution < -0.4 is 10.6 Å². The fourth-order valence-corrected chi connectivity index (χ4v) is 3.77. The van der Waals surface area contributed by atoms with Gasteiger partial charge in [-0.3, -0.25) is 19.4 Å². The van der Waals surface area contributed by atoms with Gasteiger partial charge in [0.25, 0.3) is 0 Å². The number of benzene rings is 2. The standard InChI is InChI=1S/C24H31FN4O2/c1-18-6-3-4-7-20(18)10-11-26-23(30)17-28-12-14-29(15-13-28)19(2)24(31)27-22-9-5-8-21(25)16-22/h3-9,16,19H,10-15,17H2,1-2H3,(H,26,30)(H,27,31). The summed E-state index contributed by atoms with van der Waals surface area (Å²) in [6, 6.07) is 13.8. The maximum absolute atomic E-state index is 13.3. The lowest BCUT2D eigenvalue weighted by atomic mass is 10.1. The first kappa shape index (κ1) is 22.9. The van der Waals surface area contributed by atoms with Crippen molar-refractivity contribution in [3.8, 4) is 0 Å². The number of nitrogens with one attached hydrogen (secondary N) is 2. The van der Waals surface area contributed by atoms with Crippen LogP contribution in [-0.4, -0.2) is 66.9 Å². The van der Waals surface area contributed by atoms with E-state index in [1.54, 1.807) is 12.1 Å². The molecule has 7 heteroatoms. The van der Waals surface area contributed by atoms with Crippen LogP contribution in [0.15, 0.2) is 48.5 Å². The van der Waals surface area contributed by atoms with E-state index in [1.165, 1.54) is 23.3 Å². The molecule has 2 N–H and O–H groups in total. The van der Waals surface area contributed by atoms with Crippen molar-refractivity contribution in [1.29, 1.82) is 0 Å². The Kier molecular flexibility index (Phi) is 8.14. The van der Waals surface area contributed by atoms with Gasteiger partial charge in [-0.15, -0.1) is 0 Å². The van der Waals surface area contributed by atoms with E-state index in [4.69, 9.17) is 0 Å². The van der Waals surface area contributed by atoms with Crippen molar-refractivity contribution >= 4 is 17.5 Å². The third kappa shape index (κ3) is 6.87. The van der Waals surface area contributed by atoms with Gasteiger partial charge in [-0.25, -0.2) is 4.39 Å². The van der Waals surface area contributed by atoms with Crippen LogP contribution in [-0.2, 0) is 16.0 Å². The summed E-state index contributed by atoms with van der Waals surface area (Å²) in [5.41, 5.74) is 2.95. The summed E-state index contributed by atoms with van der Waals surface area (Å²) in [5.74, 6) is -0.511. The fourth-order valence-electron chi connectivity index (χ4n) is 3.77. The average molecular weight is 427 g/mol. The molecule has 1 aliphatic heterocycles. The van der Waals surface area contributed by atoms with Crippen LogP contribution in [0.25, 0.3) is 0 Å². The molecule has 0 saturated carbocycles. The predicted octanol–water partition coefficient (Wildman–Crippen LogP) is 2.44. The zero-order valence-corrected chi connectivity index (χ0v) is 18.2. The summed E-state index contributed by atoms with van der Waals surface area (Å²) < 4.78 is 13.3. The molecular formula is C24H31FN4O2. The molecule has 0 aromatic heterocycles. The Morgan fingerprint density at radius 3 is 2.52 bits per heavy atom. The van der Waals surface area contributed by atoms with Crippen molar-refractivity contribution in [2.45, 2.75) is 26.3 Å². The van der Waals surface area contributed by atoms with Gasteiger partial charge in [0.15, 0.2) is 0 Å². The number of piperazine rings is 1. The van der Waals surface area contributed by atoms with E-state index < -0.39 is 0 Å². The molecule has 1 saturated heterocycles. The van der Waals surface area contributed by atoms with Crippen LogP contribution in [0.3, 0.4) is 0 Å². The molecule has 166 valence electrons. The molecule has 0 bridgehead atoms. The molecule has 2 amide bonds. The van der Waals surface area contributed by atoms with E-state index in [0.29, 0.717) is 31.9 Å². The highest BCUT2D eigenvalue weighted by molar-refractivity contribution is 5.94. The molecule has 1 fully saturated rings. The number of carbonyl (C=O) groups excluding carboxylic acids is 2. The van der Waals surface area contributed by atoms with E-state index in [2.05, 4.69) is 39.5 Å². The van der Waals surface area contributed by atoms with Gasteiger partial charge in [-0.05, 0) is 49.6 Å². The number of hydrogen-bond donors (Lipinski definition) is 2. The molecule has 0 radical (unpaired) electrons. The molecule has 1 unspecified atom stereocenters. The molecule has 1 aliphatic rings. The Morgan fingerprint density at radius 2 is 1.81 bits per heavy atom. The molecular weight excluding hydrogens is 395 g/mol. The molecule has 31 heavy (non-hydrogen) atoms. The molecule has 0 spiro atoms. The van der Waals surface area contributed by atoms with Gasteiger partial charge in [0.2, 0.25) is 11.8 Å². The number of aryl methyl sites for hydroxylation is 1. The molecule has 6 nitrogen and oxygen atoms in total. The Morgan fingerprint density at radius 1 is 1.06 bits per heavy atom. The molecule has 3 rings (SSSR count). The first-order valence-corrected chi connectivity index (χ1v) is 10.8. The second kappa shape index (κ2) is 11.0. The normalized spacial score (nSPS) is 16.0. The largest absolute Gasteiger partial charge is 0.355 e. The molecule has 1 heterocycles. The second-order valence-corrected chi connectivity index (χ2v) is 8.01. The number of carbonyl (C=O) groups is 2. The van der Waals surface area contributed by atoms with E-state index in [1.807, 2.05) is 19.1 Å². The van der Waals surface area contributed by atoms with Crippen LogP contribution >= 0.6 is 0 Å². The third-order valence-corrected chi connectivity index (χ3v) is 5.77. The highest BCUT2D eigenvalue weighted by Gasteiger charge is 2.26. The van der Waals surface area contributed by atoms with E-state index >= 15 is 0 Å². The summed E-state index contributed by atoms with van der Waals surface area (Å²) in [5, 5.41) is 5.77. The number of halogens is 1. The number of amides is 2. The third-order valence-electron chi connectivity index (χ3n) is 5.77. The number of hydrogen-bond acceptors (Lipinski definition) is 4. The van der Waals surface area contributed by atoms with Gasteiger partial charge in [0, 0.05) is 38.4 Å². The topological polar surface area (TPSA) is 64.7 Å². The molecule has 0 aliphatic carbocycles. The van der Waals surface area contributed by atoms with Crippen LogP contribution in [0, 0.1) is 12.7 Å². The maximum atomic E-state index is 13.3. The van der Waals surface area contributed by atoms with Crippen molar-refractivity contribution < 1.29 is 14.0 Å². The van der Waals surface area contributed by atoms with Crippen LogP contribution in [0.4, 0.5) is 10.1 Å². The van der Waals surface area contributed by atoms with Gasteiger partial charge in [-0.2, -0.15) is 0 Å². The average Bonchev–Trinajstić information content (AvgIpc) is 2.75. The monoisotopic (exact) mass is 426 g/mol. The summed E-state index contributed by atoms with van der Waals surface area (Å²) in [7, 11) is 0. The van der Waals surface area contributed by atoms with E-state index in [-0.39, 0.29) is 23.7 Å². The smallest absolute Gasteiger partial charge is 0.241 e. The second-order valence-electron chi connectivity index (χ2n) is 8.01. The first-order valence-electron chi connectivity index (χ1n) is 10.8.